The molecule has 5 saturated carbocycles. The van der Waals surface area contributed by atoms with Crippen LogP contribution < -0.4 is 0 Å². The van der Waals surface area contributed by atoms with Gasteiger partial charge in [-0.1, -0.05) is 75.7 Å². The van der Waals surface area contributed by atoms with Crippen LogP contribution in [0.4, 0.5) is 0 Å². The van der Waals surface area contributed by atoms with Crippen molar-refractivity contribution in [3.63, 3.8) is 0 Å². The molecule has 5 fully saturated rings. The highest BCUT2D eigenvalue weighted by Gasteiger charge is 2.76. The highest BCUT2D eigenvalue weighted by Crippen LogP contribution is 2.75. The van der Waals surface area contributed by atoms with Crippen molar-refractivity contribution in [3.05, 3.63) is 0 Å². The maximum atomic E-state index is 12.7. The zero-order valence-electron chi connectivity index (χ0n) is 28.1. The number of aliphatic hydroxyl groups is 4. The largest absolute Gasteiger partial charge is 0.393 e. The molecule has 0 radical (unpaired) electrons. The minimum Gasteiger partial charge on any atom is -0.393 e. The first kappa shape index (κ1) is 32.2. The van der Waals surface area contributed by atoms with Crippen molar-refractivity contribution >= 4 is 0 Å². The van der Waals surface area contributed by atoms with Gasteiger partial charge in [-0.05, 0) is 91.8 Å². The van der Waals surface area contributed by atoms with E-state index in [1.807, 2.05) is 6.92 Å². The first-order chi connectivity index (χ1) is 18.8. The van der Waals surface area contributed by atoms with Crippen molar-refractivity contribution in [2.45, 2.75) is 145 Å². The standard InChI is InChI=1S/C36H64O5/c1-18-17-34(9)32(41-31(40)23-13-12-14-23)35(10)20(3)24-15-16-25(33(6,7)8)19(2)27(24)29(38)28(35)21(4)36(34,11)30(39)26(18)22(5)37/h18-32,37-40H,12-17H2,1-11H3. The summed E-state index contributed by atoms with van der Waals surface area (Å²) in [4.78, 5) is 0. The lowest BCUT2D eigenvalue weighted by molar-refractivity contribution is -0.363. The molecule has 0 spiro atoms. The quantitative estimate of drug-likeness (QED) is 0.287. The third-order valence-electron chi connectivity index (χ3n) is 15.4. The molecular formula is C36H64O5. The highest BCUT2D eigenvalue weighted by atomic mass is 16.6. The lowest BCUT2D eigenvalue weighted by Crippen LogP contribution is -2.77. The summed E-state index contributed by atoms with van der Waals surface area (Å²) in [6.45, 7) is 25.1. The average molecular weight is 577 g/mol. The molecule has 5 aliphatic rings. The number of hydrogen-bond acceptors (Lipinski definition) is 5. The predicted octanol–water partition coefficient (Wildman–Crippen LogP) is 6.51. The summed E-state index contributed by atoms with van der Waals surface area (Å²) in [5, 5.41) is 47.4. The summed E-state index contributed by atoms with van der Waals surface area (Å²) >= 11 is 0. The molecule has 0 bridgehead atoms. The highest BCUT2D eigenvalue weighted by molar-refractivity contribution is 5.23. The van der Waals surface area contributed by atoms with Gasteiger partial charge in [0.05, 0.1) is 24.4 Å². The molecule has 0 aromatic heterocycles. The fraction of sp³-hybridized carbons (Fsp3) is 1.00. The average Bonchev–Trinajstić information content (AvgIpc) is 2.81. The third-order valence-corrected chi connectivity index (χ3v) is 15.4. The third kappa shape index (κ3) is 4.32. The van der Waals surface area contributed by atoms with Gasteiger partial charge in [0, 0.05) is 28.1 Å². The van der Waals surface area contributed by atoms with E-state index in [0.717, 1.165) is 32.1 Å². The van der Waals surface area contributed by atoms with Crippen LogP contribution in [0.1, 0.15) is 115 Å². The minimum atomic E-state index is -0.819. The van der Waals surface area contributed by atoms with Crippen molar-refractivity contribution < 1.29 is 25.2 Å². The van der Waals surface area contributed by atoms with Gasteiger partial charge in [-0.15, -0.1) is 0 Å². The Balaban J connectivity index is 1.66. The van der Waals surface area contributed by atoms with Crippen molar-refractivity contribution in [2.24, 2.45) is 80.8 Å². The van der Waals surface area contributed by atoms with E-state index < -0.39 is 35.4 Å². The van der Waals surface area contributed by atoms with Crippen molar-refractivity contribution in [2.75, 3.05) is 0 Å². The van der Waals surface area contributed by atoms with Crippen molar-refractivity contribution in [3.8, 4) is 0 Å². The minimum absolute atomic E-state index is 0.0163. The first-order valence-corrected chi connectivity index (χ1v) is 17.2. The number of fused-ring (bicyclic) bond motifs is 3. The van der Waals surface area contributed by atoms with Gasteiger partial charge in [-0.25, -0.2) is 0 Å². The van der Waals surface area contributed by atoms with Gasteiger partial charge in [-0.3, -0.25) is 0 Å². The molecule has 0 amide bonds. The summed E-state index contributed by atoms with van der Waals surface area (Å²) < 4.78 is 7.02. The summed E-state index contributed by atoms with van der Waals surface area (Å²) in [5.41, 5.74) is -1.19. The smallest absolute Gasteiger partial charge is 0.157 e. The molecule has 17 atom stereocenters. The Morgan fingerprint density at radius 2 is 1.49 bits per heavy atom. The van der Waals surface area contributed by atoms with Gasteiger partial charge >= 0.3 is 0 Å². The van der Waals surface area contributed by atoms with Crippen LogP contribution in [-0.4, -0.2) is 51.1 Å². The molecule has 5 rings (SSSR count). The SMILES string of the molecule is CC(O)C1C(C)CC2(C)C(OC(O)C3CCC3)C3(C)C(C)C4CCC(C(C)(C)C)C(C)C4C(O)C3C(C)C2(C)C1O. The van der Waals surface area contributed by atoms with Crippen molar-refractivity contribution in [1.82, 2.24) is 0 Å². The number of hydrogen-bond donors (Lipinski definition) is 4. The Morgan fingerprint density at radius 1 is 0.878 bits per heavy atom. The van der Waals surface area contributed by atoms with Gasteiger partial charge in [0.1, 0.15) is 0 Å². The van der Waals surface area contributed by atoms with Gasteiger partial charge < -0.3 is 25.2 Å². The van der Waals surface area contributed by atoms with Crippen LogP contribution in [0.15, 0.2) is 0 Å². The second-order valence-electron chi connectivity index (χ2n) is 17.9. The van der Waals surface area contributed by atoms with Crippen LogP contribution in [0.5, 0.6) is 0 Å². The molecule has 0 saturated heterocycles. The van der Waals surface area contributed by atoms with E-state index in [1.165, 1.54) is 6.42 Å². The van der Waals surface area contributed by atoms with Gasteiger partial charge in [0.25, 0.3) is 0 Å². The normalized spacial score (nSPS) is 55.7. The molecule has 4 N–H and O–H groups in total. The lowest BCUT2D eigenvalue weighted by atomic mass is 9.31. The van der Waals surface area contributed by atoms with Crippen LogP contribution in [-0.2, 0) is 4.74 Å². The fourth-order valence-corrected chi connectivity index (χ4v) is 12.8. The molecule has 5 nitrogen and oxygen atoms in total. The summed E-state index contributed by atoms with van der Waals surface area (Å²) in [6, 6.07) is 0. The summed E-state index contributed by atoms with van der Waals surface area (Å²) in [7, 11) is 0. The maximum Gasteiger partial charge on any atom is 0.157 e. The van der Waals surface area contributed by atoms with Crippen LogP contribution >= 0.6 is 0 Å². The van der Waals surface area contributed by atoms with E-state index in [-0.39, 0.29) is 52.4 Å². The van der Waals surface area contributed by atoms with Crippen LogP contribution in [0.2, 0.25) is 0 Å². The second kappa shape index (κ2) is 10.4. The number of aliphatic hydroxyl groups excluding tert-OH is 4. The molecule has 17 unspecified atom stereocenters. The van der Waals surface area contributed by atoms with E-state index in [9.17, 15) is 20.4 Å². The molecule has 41 heavy (non-hydrogen) atoms. The molecule has 0 aliphatic heterocycles. The van der Waals surface area contributed by atoms with Gasteiger partial charge in [0.15, 0.2) is 6.29 Å². The van der Waals surface area contributed by atoms with Crippen molar-refractivity contribution in [1.29, 1.82) is 0 Å². The summed E-state index contributed by atoms with van der Waals surface area (Å²) in [6.07, 6.45) is 3.31. The summed E-state index contributed by atoms with van der Waals surface area (Å²) in [5.74, 6) is 1.88. The Morgan fingerprint density at radius 3 is 2.00 bits per heavy atom. The molecule has 238 valence electrons. The molecule has 5 heteroatoms. The Kier molecular flexibility index (Phi) is 8.19. The Labute approximate surface area is 251 Å². The van der Waals surface area contributed by atoms with Crippen LogP contribution in [0.25, 0.3) is 0 Å². The zero-order chi connectivity index (χ0) is 30.6. The van der Waals surface area contributed by atoms with Crippen LogP contribution in [0.3, 0.4) is 0 Å². The van der Waals surface area contributed by atoms with Gasteiger partial charge in [0.2, 0.25) is 0 Å². The van der Waals surface area contributed by atoms with E-state index in [2.05, 4.69) is 69.2 Å². The fourth-order valence-electron chi connectivity index (χ4n) is 12.8. The maximum absolute atomic E-state index is 12.7. The van der Waals surface area contributed by atoms with E-state index in [0.29, 0.717) is 23.7 Å². The topological polar surface area (TPSA) is 90.2 Å². The van der Waals surface area contributed by atoms with E-state index in [4.69, 9.17) is 4.74 Å². The number of rotatable bonds is 4. The molecule has 0 aromatic carbocycles. The number of ether oxygens (including phenoxy) is 1. The van der Waals surface area contributed by atoms with Gasteiger partial charge in [-0.2, -0.15) is 0 Å². The van der Waals surface area contributed by atoms with E-state index in [1.54, 1.807) is 0 Å². The molecule has 5 aliphatic carbocycles. The molecule has 0 heterocycles. The predicted molar refractivity (Wildman–Crippen MR) is 164 cm³/mol. The molecule has 0 aromatic rings. The van der Waals surface area contributed by atoms with E-state index >= 15 is 0 Å². The lowest BCUT2D eigenvalue weighted by Gasteiger charge is -2.75. The molecular weight excluding hydrogens is 512 g/mol. The monoisotopic (exact) mass is 576 g/mol. The van der Waals surface area contributed by atoms with Crippen LogP contribution in [0, 0.1) is 80.8 Å². The first-order valence-electron chi connectivity index (χ1n) is 17.2. The zero-order valence-corrected chi connectivity index (χ0v) is 28.1. The Hall–Kier alpha value is -0.200. The second-order valence-corrected chi connectivity index (χ2v) is 17.9. The Bertz CT molecular complexity index is 956.